The van der Waals surface area contributed by atoms with Gasteiger partial charge in [0.25, 0.3) is 0 Å². The minimum absolute atomic E-state index is 0.0567. The Morgan fingerprint density at radius 3 is 2.81 bits per heavy atom. The highest BCUT2D eigenvalue weighted by Gasteiger charge is 2.22. The van der Waals surface area contributed by atoms with Crippen LogP contribution in [0.5, 0.6) is 5.75 Å². The van der Waals surface area contributed by atoms with E-state index in [0.29, 0.717) is 17.6 Å². The number of piperidine rings is 1. The van der Waals surface area contributed by atoms with Gasteiger partial charge in [-0.2, -0.15) is 0 Å². The fraction of sp³-hybridized carbons (Fsp3) is 0.533. The number of amides is 1. The van der Waals surface area contributed by atoms with Crippen LogP contribution in [-0.2, 0) is 16.1 Å². The number of phenolic OH excluding ortho intramolecular Hbond substituents is 1. The molecule has 6 heteroatoms. The summed E-state index contributed by atoms with van der Waals surface area (Å²) in [5.74, 6) is 0.159. The Balaban J connectivity index is 1.76. The number of methoxy groups -OCH3 is 1. The fourth-order valence-corrected chi connectivity index (χ4v) is 2.67. The standard InChI is InChI=1S/C15H21ClN2O3/c1-21-10-15(20)18-6-4-12(5-7-18)17-9-11-2-3-14(19)13(16)8-11/h2-3,8,12,17,19H,4-7,9-10H2,1H3. The highest BCUT2D eigenvalue weighted by Crippen LogP contribution is 2.23. The van der Waals surface area contributed by atoms with Crippen molar-refractivity contribution in [2.45, 2.75) is 25.4 Å². The molecule has 1 heterocycles. The number of nitrogens with one attached hydrogen (secondary N) is 1. The Bertz CT molecular complexity index is 488. The summed E-state index contributed by atoms with van der Waals surface area (Å²) in [5.41, 5.74) is 1.04. The molecule has 1 fully saturated rings. The highest BCUT2D eigenvalue weighted by atomic mass is 35.5. The van der Waals surface area contributed by atoms with E-state index in [0.717, 1.165) is 31.5 Å². The number of phenols is 1. The second-order valence-electron chi connectivity index (χ2n) is 5.25. The van der Waals surface area contributed by atoms with Crippen LogP contribution < -0.4 is 5.32 Å². The number of carbonyl (C=O) groups excluding carboxylic acids is 1. The maximum absolute atomic E-state index is 11.7. The smallest absolute Gasteiger partial charge is 0.248 e. The molecule has 116 valence electrons. The number of rotatable bonds is 5. The number of aromatic hydroxyl groups is 1. The van der Waals surface area contributed by atoms with Gasteiger partial charge in [0.2, 0.25) is 5.91 Å². The van der Waals surface area contributed by atoms with E-state index in [2.05, 4.69) is 5.32 Å². The summed E-state index contributed by atoms with van der Waals surface area (Å²) in [6, 6.07) is 5.61. The Morgan fingerprint density at radius 1 is 1.48 bits per heavy atom. The number of likely N-dealkylation sites (tertiary alicyclic amines) is 1. The number of hydrogen-bond acceptors (Lipinski definition) is 4. The quantitative estimate of drug-likeness (QED) is 0.870. The molecule has 1 aromatic carbocycles. The second-order valence-corrected chi connectivity index (χ2v) is 5.66. The molecule has 1 saturated heterocycles. The molecule has 0 aromatic heterocycles. The first-order valence-electron chi connectivity index (χ1n) is 7.07. The van der Waals surface area contributed by atoms with Crippen molar-refractivity contribution in [3.05, 3.63) is 28.8 Å². The average Bonchev–Trinajstić information content (AvgIpc) is 2.49. The Labute approximate surface area is 129 Å². The van der Waals surface area contributed by atoms with Crippen molar-refractivity contribution < 1.29 is 14.6 Å². The van der Waals surface area contributed by atoms with E-state index in [1.165, 1.54) is 7.11 Å². The van der Waals surface area contributed by atoms with Crippen LogP contribution in [0.3, 0.4) is 0 Å². The molecule has 1 aliphatic heterocycles. The number of ether oxygens (including phenoxy) is 1. The third-order valence-electron chi connectivity index (χ3n) is 3.72. The van der Waals surface area contributed by atoms with Crippen LogP contribution in [0, 0.1) is 0 Å². The first-order chi connectivity index (χ1) is 10.1. The van der Waals surface area contributed by atoms with E-state index in [-0.39, 0.29) is 18.3 Å². The van der Waals surface area contributed by atoms with E-state index in [1.54, 1.807) is 12.1 Å². The maximum atomic E-state index is 11.7. The van der Waals surface area contributed by atoms with E-state index in [1.807, 2.05) is 11.0 Å². The van der Waals surface area contributed by atoms with Crippen molar-refractivity contribution in [2.75, 3.05) is 26.8 Å². The van der Waals surface area contributed by atoms with Gasteiger partial charge in [0.1, 0.15) is 12.4 Å². The molecule has 1 aromatic rings. The van der Waals surface area contributed by atoms with E-state index >= 15 is 0 Å². The molecule has 0 atom stereocenters. The van der Waals surface area contributed by atoms with Crippen LogP contribution in [-0.4, -0.2) is 48.8 Å². The number of benzene rings is 1. The lowest BCUT2D eigenvalue weighted by Gasteiger charge is -2.32. The average molecular weight is 313 g/mol. The van der Waals surface area contributed by atoms with Gasteiger partial charge in [-0.1, -0.05) is 17.7 Å². The SMILES string of the molecule is COCC(=O)N1CCC(NCc2ccc(O)c(Cl)c2)CC1. The van der Waals surface area contributed by atoms with Gasteiger partial charge in [0.15, 0.2) is 0 Å². The Kier molecular flexibility index (Phi) is 5.85. The van der Waals surface area contributed by atoms with Crippen molar-refractivity contribution >= 4 is 17.5 Å². The topological polar surface area (TPSA) is 61.8 Å². The summed E-state index contributed by atoms with van der Waals surface area (Å²) in [4.78, 5) is 13.5. The molecular formula is C15H21ClN2O3. The second kappa shape index (κ2) is 7.64. The van der Waals surface area contributed by atoms with Gasteiger partial charge in [0.05, 0.1) is 5.02 Å². The molecule has 0 bridgehead atoms. The van der Waals surface area contributed by atoms with Crippen LogP contribution >= 0.6 is 11.6 Å². The lowest BCUT2D eigenvalue weighted by molar-refractivity contribution is -0.136. The van der Waals surface area contributed by atoms with Gasteiger partial charge in [-0.15, -0.1) is 0 Å². The lowest BCUT2D eigenvalue weighted by atomic mass is 10.0. The van der Waals surface area contributed by atoms with Crippen LogP contribution in [0.4, 0.5) is 0 Å². The number of nitrogens with zero attached hydrogens (tertiary/aromatic N) is 1. The van der Waals surface area contributed by atoms with Gasteiger partial charge in [-0.3, -0.25) is 4.79 Å². The molecule has 2 rings (SSSR count). The van der Waals surface area contributed by atoms with Gasteiger partial charge in [0, 0.05) is 32.8 Å². The molecular weight excluding hydrogens is 292 g/mol. The third-order valence-corrected chi connectivity index (χ3v) is 4.03. The summed E-state index contributed by atoms with van der Waals surface area (Å²) < 4.78 is 4.87. The zero-order chi connectivity index (χ0) is 15.2. The minimum Gasteiger partial charge on any atom is -0.506 e. The van der Waals surface area contributed by atoms with E-state index in [9.17, 15) is 9.90 Å². The maximum Gasteiger partial charge on any atom is 0.248 e. The Hall–Kier alpha value is -1.30. The normalized spacial score (nSPS) is 16.2. The summed E-state index contributed by atoms with van der Waals surface area (Å²) >= 11 is 5.89. The molecule has 0 aliphatic carbocycles. The van der Waals surface area contributed by atoms with Crippen LogP contribution in [0.15, 0.2) is 18.2 Å². The first-order valence-corrected chi connectivity index (χ1v) is 7.45. The molecule has 0 spiro atoms. The van der Waals surface area contributed by atoms with Gasteiger partial charge < -0.3 is 20.1 Å². The van der Waals surface area contributed by atoms with Crippen molar-refractivity contribution in [3.63, 3.8) is 0 Å². The fourth-order valence-electron chi connectivity index (χ4n) is 2.47. The lowest BCUT2D eigenvalue weighted by Crippen LogP contribution is -2.45. The first kappa shape index (κ1) is 16.1. The molecule has 2 N–H and O–H groups in total. The van der Waals surface area contributed by atoms with Gasteiger partial charge >= 0.3 is 0 Å². The van der Waals surface area contributed by atoms with Crippen molar-refractivity contribution in [2.24, 2.45) is 0 Å². The predicted octanol–water partition coefficient (Wildman–Crippen LogP) is 1.77. The van der Waals surface area contributed by atoms with Crippen molar-refractivity contribution in [1.29, 1.82) is 0 Å². The van der Waals surface area contributed by atoms with Gasteiger partial charge in [-0.25, -0.2) is 0 Å². The molecule has 1 amide bonds. The largest absolute Gasteiger partial charge is 0.506 e. The van der Waals surface area contributed by atoms with E-state index < -0.39 is 0 Å². The zero-order valence-corrected chi connectivity index (χ0v) is 12.9. The number of carbonyl (C=O) groups is 1. The molecule has 0 unspecified atom stereocenters. The van der Waals surface area contributed by atoms with Crippen LogP contribution in [0.25, 0.3) is 0 Å². The molecule has 1 aliphatic rings. The van der Waals surface area contributed by atoms with Crippen LogP contribution in [0.2, 0.25) is 5.02 Å². The summed E-state index contributed by atoms with van der Waals surface area (Å²) in [6.07, 6.45) is 1.86. The summed E-state index contributed by atoms with van der Waals surface area (Å²) in [5, 5.41) is 13.2. The number of halogens is 1. The summed E-state index contributed by atoms with van der Waals surface area (Å²) in [6.45, 7) is 2.38. The summed E-state index contributed by atoms with van der Waals surface area (Å²) in [7, 11) is 1.54. The van der Waals surface area contributed by atoms with Crippen molar-refractivity contribution in [3.8, 4) is 5.75 Å². The van der Waals surface area contributed by atoms with Crippen LogP contribution in [0.1, 0.15) is 18.4 Å². The molecule has 5 nitrogen and oxygen atoms in total. The zero-order valence-electron chi connectivity index (χ0n) is 12.1. The molecule has 21 heavy (non-hydrogen) atoms. The number of hydrogen-bond donors (Lipinski definition) is 2. The monoisotopic (exact) mass is 312 g/mol. The van der Waals surface area contributed by atoms with Crippen molar-refractivity contribution in [1.82, 2.24) is 10.2 Å². The minimum atomic E-state index is 0.0567. The molecule has 0 radical (unpaired) electrons. The third kappa shape index (κ3) is 4.59. The predicted molar refractivity (Wildman–Crippen MR) is 81.4 cm³/mol. The Morgan fingerprint density at radius 2 is 2.19 bits per heavy atom. The molecule has 0 saturated carbocycles. The highest BCUT2D eigenvalue weighted by molar-refractivity contribution is 6.32. The van der Waals surface area contributed by atoms with E-state index in [4.69, 9.17) is 16.3 Å². The van der Waals surface area contributed by atoms with Gasteiger partial charge in [-0.05, 0) is 30.5 Å².